The molecule has 3 aliphatic rings. The number of urea groups is 1. The van der Waals surface area contributed by atoms with Gasteiger partial charge in [0.25, 0.3) is 0 Å². The molecule has 1 heterocycles. The van der Waals surface area contributed by atoms with E-state index in [4.69, 9.17) is 15.2 Å². The molecule has 0 unspecified atom stereocenters. The number of amides is 5. The van der Waals surface area contributed by atoms with Gasteiger partial charge in [-0.1, -0.05) is 85.8 Å². The molecule has 5 amide bonds. The number of ether oxygens (including phenoxy) is 2. The van der Waals surface area contributed by atoms with Crippen LogP contribution in [0.25, 0.3) is 11.1 Å². The molecule has 52 heavy (non-hydrogen) atoms. The zero-order valence-corrected chi connectivity index (χ0v) is 29.5. The third-order valence-corrected chi connectivity index (χ3v) is 10.5. The number of nitrogens with two attached hydrogens (primary N) is 1. The molecular formula is C40H48N6O6. The first-order valence-electron chi connectivity index (χ1n) is 18.2. The van der Waals surface area contributed by atoms with Crippen LogP contribution in [0.5, 0.6) is 0 Å². The number of rotatable bonds is 13. The van der Waals surface area contributed by atoms with Crippen molar-refractivity contribution in [1.29, 1.82) is 0 Å². The predicted molar refractivity (Wildman–Crippen MR) is 197 cm³/mol. The number of likely N-dealkylation sites (tertiary alicyclic amines) is 1. The van der Waals surface area contributed by atoms with Crippen LogP contribution in [0, 0.1) is 11.8 Å². The Morgan fingerprint density at radius 1 is 0.923 bits per heavy atom. The van der Waals surface area contributed by atoms with E-state index in [1.165, 1.54) is 11.1 Å². The van der Waals surface area contributed by atoms with Crippen LogP contribution in [0.1, 0.15) is 68.1 Å². The maximum atomic E-state index is 13.8. The molecule has 3 aromatic carbocycles. The van der Waals surface area contributed by atoms with Crippen molar-refractivity contribution in [2.75, 3.05) is 19.7 Å². The highest BCUT2D eigenvalue weighted by Crippen LogP contribution is 2.44. The van der Waals surface area contributed by atoms with Crippen molar-refractivity contribution in [2.45, 2.75) is 76.2 Å². The van der Waals surface area contributed by atoms with Gasteiger partial charge in [-0.3, -0.25) is 14.5 Å². The van der Waals surface area contributed by atoms with Crippen LogP contribution in [-0.4, -0.2) is 72.9 Å². The SMILES string of the molecule is CC[C@@H](/C=N/NC(=O)NC[C@H]1CC[C@H](C(N)=O)CC1)NC(=O)[C@@H]1C[C@@H](OCc2ccccc2)CN1C(=O)OCC1c2ccccc2-c2ccccc21. The van der Waals surface area contributed by atoms with Gasteiger partial charge in [0.15, 0.2) is 0 Å². The third kappa shape index (κ3) is 8.97. The summed E-state index contributed by atoms with van der Waals surface area (Å²) in [5, 5.41) is 9.87. The Labute approximate surface area is 304 Å². The van der Waals surface area contributed by atoms with Crippen molar-refractivity contribution < 1.29 is 28.7 Å². The van der Waals surface area contributed by atoms with Crippen LogP contribution in [0.2, 0.25) is 0 Å². The quantitative estimate of drug-likeness (QED) is 0.143. The van der Waals surface area contributed by atoms with E-state index in [2.05, 4.69) is 45.4 Å². The summed E-state index contributed by atoms with van der Waals surface area (Å²) in [7, 11) is 0. The van der Waals surface area contributed by atoms with Crippen LogP contribution in [0.4, 0.5) is 9.59 Å². The van der Waals surface area contributed by atoms with E-state index in [1.54, 1.807) is 0 Å². The Morgan fingerprint density at radius 3 is 2.23 bits per heavy atom. The fraction of sp³-hybridized carbons (Fsp3) is 0.425. The smallest absolute Gasteiger partial charge is 0.410 e. The summed E-state index contributed by atoms with van der Waals surface area (Å²) in [5.41, 5.74) is 13.4. The van der Waals surface area contributed by atoms with E-state index in [-0.39, 0.29) is 48.8 Å². The number of nitrogens with one attached hydrogen (secondary N) is 3. The fourth-order valence-electron chi connectivity index (χ4n) is 7.47. The second-order valence-electron chi connectivity index (χ2n) is 13.9. The third-order valence-electron chi connectivity index (χ3n) is 10.5. The minimum absolute atomic E-state index is 0.0845. The van der Waals surface area contributed by atoms with Crippen molar-refractivity contribution >= 4 is 30.2 Å². The first kappa shape index (κ1) is 36.6. The lowest BCUT2D eigenvalue weighted by molar-refractivity contribution is -0.125. The highest BCUT2D eigenvalue weighted by atomic mass is 16.6. The summed E-state index contributed by atoms with van der Waals surface area (Å²) in [5.74, 6) is -0.532. The Bertz CT molecular complexity index is 1700. The number of nitrogens with zero attached hydrogens (tertiary/aromatic N) is 2. The summed E-state index contributed by atoms with van der Waals surface area (Å²) in [6.45, 7) is 3.06. The lowest BCUT2D eigenvalue weighted by atomic mass is 9.82. The normalized spacial score (nSPS) is 21.6. The van der Waals surface area contributed by atoms with Crippen LogP contribution >= 0.6 is 0 Å². The van der Waals surface area contributed by atoms with Crippen molar-refractivity contribution in [3.63, 3.8) is 0 Å². The summed E-state index contributed by atoms with van der Waals surface area (Å²) < 4.78 is 12.2. The van der Waals surface area contributed by atoms with E-state index in [0.29, 0.717) is 26.0 Å². The maximum Gasteiger partial charge on any atom is 0.410 e. The molecule has 12 nitrogen and oxygen atoms in total. The molecule has 2 fully saturated rings. The number of hydrogen-bond donors (Lipinski definition) is 4. The molecule has 1 aliphatic heterocycles. The van der Waals surface area contributed by atoms with Gasteiger partial charge in [-0.05, 0) is 65.8 Å². The van der Waals surface area contributed by atoms with Gasteiger partial charge >= 0.3 is 12.1 Å². The molecule has 6 rings (SSSR count). The maximum absolute atomic E-state index is 13.8. The van der Waals surface area contributed by atoms with Gasteiger partial charge in [0.1, 0.15) is 12.6 Å². The number of hydrogen-bond acceptors (Lipinski definition) is 7. The van der Waals surface area contributed by atoms with E-state index < -0.39 is 24.2 Å². The summed E-state index contributed by atoms with van der Waals surface area (Å²) in [4.78, 5) is 52.8. The number of hydrazone groups is 1. The zero-order chi connectivity index (χ0) is 36.5. The predicted octanol–water partition coefficient (Wildman–Crippen LogP) is 5.07. The number of fused-ring (bicyclic) bond motifs is 3. The van der Waals surface area contributed by atoms with Crippen LogP contribution < -0.4 is 21.8 Å². The number of carbonyl (C=O) groups excluding carboxylic acids is 4. The number of carbonyl (C=O) groups is 4. The first-order valence-corrected chi connectivity index (χ1v) is 18.2. The van der Waals surface area contributed by atoms with E-state index in [9.17, 15) is 19.2 Å². The molecule has 1 saturated carbocycles. The summed E-state index contributed by atoms with van der Waals surface area (Å²) in [6, 6.07) is 24.3. The molecule has 5 N–H and O–H groups in total. The van der Waals surface area contributed by atoms with Gasteiger partial charge < -0.3 is 25.8 Å². The summed E-state index contributed by atoms with van der Waals surface area (Å²) in [6.07, 6.45) is 4.47. The monoisotopic (exact) mass is 708 g/mol. The van der Waals surface area contributed by atoms with Gasteiger partial charge in [-0.15, -0.1) is 0 Å². The average molecular weight is 709 g/mol. The topological polar surface area (TPSA) is 164 Å². The Balaban J connectivity index is 1.05. The first-order chi connectivity index (χ1) is 25.3. The van der Waals surface area contributed by atoms with Gasteiger partial charge in [0.05, 0.1) is 25.3 Å². The minimum Gasteiger partial charge on any atom is -0.448 e. The van der Waals surface area contributed by atoms with Gasteiger partial charge in [-0.25, -0.2) is 15.0 Å². The number of primary amides is 1. The molecule has 1 saturated heterocycles. The van der Waals surface area contributed by atoms with E-state index >= 15 is 0 Å². The van der Waals surface area contributed by atoms with Gasteiger partial charge in [-0.2, -0.15) is 5.10 Å². The lowest BCUT2D eigenvalue weighted by Gasteiger charge is -2.26. The largest absolute Gasteiger partial charge is 0.448 e. The second-order valence-corrected chi connectivity index (χ2v) is 13.9. The zero-order valence-electron chi connectivity index (χ0n) is 29.5. The van der Waals surface area contributed by atoms with Gasteiger partial charge in [0, 0.05) is 31.0 Å². The van der Waals surface area contributed by atoms with Crippen molar-refractivity contribution in [3.05, 3.63) is 95.6 Å². The Kier molecular flexibility index (Phi) is 12.2. The Hall–Kier alpha value is -5.23. The molecule has 2 aliphatic carbocycles. The summed E-state index contributed by atoms with van der Waals surface area (Å²) >= 11 is 0. The van der Waals surface area contributed by atoms with E-state index in [0.717, 1.165) is 53.5 Å². The molecule has 3 atom stereocenters. The van der Waals surface area contributed by atoms with Crippen molar-refractivity contribution in [3.8, 4) is 11.1 Å². The molecular weight excluding hydrogens is 660 g/mol. The highest BCUT2D eigenvalue weighted by Gasteiger charge is 2.42. The molecule has 0 aromatic heterocycles. The molecule has 0 spiro atoms. The number of benzene rings is 3. The van der Waals surface area contributed by atoms with Crippen LogP contribution in [0.3, 0.4) is 0 Å². The molecule has 0 radical (unpaired) electrons. The van der Waals surface area contributed by atoms with Gasteiger partial charge in [0.2, 0.25) is 11.8 Å². The van der Waals surface area contributed by atoms with Crippen LogP contribution in [0.15, 0.2) is 84.0 Å². The lowest BCUT2D eigenvalue weighted by Crippen LogP contribution is -2.49. The fourth-order valence-corrected chi connectivity index (χ4v) is 7.47. The average Bonchev–Trinajstić information content (AvgIpc) is 3.75. The van der Waals surface area contributed by atoms with Crippen molar-refractivity contribution in [1.82, 2.24) is 21.0 Å². The van der Waals surface area contributed by atoms with E-state index in [1.807, 2.05) is 61.5 Å². The minimum atomic E-state index is -0.820. The second kappa shape index (κ2) is 17.3. The Morgan fingerprint density at radius 2 is 1.58 bits per heavy atom. The standard InChI is InChI=1S/C40H48N6O6/c1-2-29(22-43-45-39(49)42-21-26-16-18-28(19-17-26)37(41)47)44-38(48)36-20-30(51-24-27-10-4-3-5-11-27)23-46(36)40(50)52-25-35-33-14-8-6-12-31(33)32-13-7-9-15-34(32)35/h3-15,22,26,28-30,35-36H,2,16-21,23-25H2,1H3,(H2,41,47)(H,44,48)(H2,42,45,49)/b43-22+/t26-,28-,29-,30+,36-/m0/s1. The molecule has 274 valence electrons. The highest BCUT2D eigenvalue weighted by molar-refractivity contribution is 5.89. The van der Waals surface area contributed by atoms with Crippen molar-refractivity contribution in [2.24, 2.45) is 22.7 Å². The molecule has 12 heteroatoms. The molecule has 3 aromatic rings. The van der Waals surface area contributed by atoms with Crippen LogP contribution in [-0.2, 0) is 25.7 Å². The molecule has 0 bridgehead atoms.